The third-order valence-corrected chi connectivity index (χ3v) is 8.47. The fourth-order valence-corrected chi connectivity index (χ4v) is 5.88. The number of aliphatic hydroxyl groups is 2. The number of aryl methyl sites for hydroxylation is 1. The predicted molar refractivity (Wildman–Crippen MR) is 166 cm³/mol. The molecular formula is C33H39N5O7. The number of amides is 2. The second kappa shape index (κ2) is 14.0. The minimum Gasteiger partial charge on any atom is -0.469 e. The van der Waals surface area contributed by atoms with Crippen LogP contribution in [0.2, 0.25) is 0 Å². The Morgan fingerprint density at radius 3 is 2.67 bits per heavy atom. The number of nitrogens with zero attached hydrogens (tertiary/aromatic N) is 5. The molecule has 12 heteroatoms. The van der Waals surface area contributed by atoms with Gasteiger partial charge in [0.05, 0.1) is 37.6 Å². The minimum absolute atomic E-state index is 0.0861. The molecule has 2 aliphatic heterocycles. The molecule has 1 unspecified atom stereocenters. The van der Waals surface area contributed by atoms with Gasteiger partial charge in [-0.05, 0) is 43.0 Å². The molecule has 0 bridgehead atoms. The van der Waals surface area contributed by atoms with Crippen molar-refractivity contribution in [2.24, 2.45) is 5.92 Å². The van der Waals surface area contributed by atoms with E-state index < -0.39 is 23.5 Å². The molecule has 0 saturated carbocycles. The van der Waals surface area contributed by atoms with Gasteiger partial charge in [0.25, 0.3) is 5.91 Å². The van der Waals surface area contributed by atoms with Gasteiger partial charge in [0.15, 0.2) is 5.60 Å². The van der Waals surface area contributed by atoms with Crippen LogP contribution < -0.4 is 9.80 Å². The largest absolute Gasteiger partial charge is 0.469 e. The van der Waals surface area contributed by atoms with Gasteiger partial charge < -0.3 is 24.6 Å². The zero-order valence-corrected chi connectivity index (χ0v) is 25.5. The quantitative estimate of drug-likeness (QED) is 0.158. The van der Waals surface area contributed by atoms with Gasteiger partial charge in [0, 0.05) is 42.9 Å². The van der Waals surface area contributed by atoms with E-state index in [1.54, 1.807) is 34.7 Å². The molecule has 2 aromatic carbocycles. The summed E-state index contributed by atoms with van der Waals surface area (Å²) in [4.78, 5) is 40.7. The van der Waals surface area contributed by atoms with Crippen LogP contribution in [-0.2, 0) is 31.2 Å². The zero-order valence-electron chi connectivity index (χ0n) is 25.5. The van der Waals surface area contributed by atoms with Gasteiger partial charge >= 0.3 is 12.1 Å². The average Bonchev–Trinajstić information content (AvgIpc) is 3.76. The van der Waals surface area contributed by atoms with Gasteiger partial charge in [-0.25, -0.2) is 4.79 Å². The lowest BCUT2D eigenvalue weighted by atomic mass is 9.82. The lowest BCUT2D eigenvalue weighted by Gasteiger charge is -2.28. The van der Waals surface area contributed by atoms with E-state index in [0.717, 1.165) is 5.56 Å². The summed E-state index contributed by atoms with van der Waals surface area (Å²) < 4.78 is 11.5. The number of hydrogen-bond donors (Lipinski definition) is 2. The van der Waals surface area contributed by atoms with E-state index in [0.29, 0.717) is 61.5 Å². The summed E-state index contributed by atoms with van der Waals surface area (Å²) in [7, 11) is 1.34. The molecule has 238 valence electrons. The summed E-state index contributed by atoms with van der Waals surface area (Å²) in [5, 5.41) is 30.5. The molecule has 3 aromatic rings. The predicted octanol–water partition coefficient (Wildman–Crippen LogP) is 3.52. The molecule has 2 N–H and O–H groups in total. The van der Waals surface area contributed by atoms with Gasteiger partial charge in [0.1, 0.15) is 6.61 Å². The van der Waals surface area contributed by atoms with E-state index in [-0.39, 0.29) is 31.5 Å². The average molecular weight is 618 g/mol. The Morgan fingerprint density at radius 2 is 1.96 bits per heavy atom. The Labute approximate surface area is 261 Å². The molecule has 2 aliphatic rings. The first-order chi connectivity index (χ1) is 21.8. The van der Waals surface area contributed by atoms with Gasteiger partial charge in [0.2, 0.25) is 0 Å². The number of carbonyl (C=O) groups is 3. The van der Waals surface area contributed by atoms with Crippen LogP contribution in [0.4, 0.5) is 16.2 Å². The SMILES string of the molecule is COC(=O)CCCCN1C(=O)[C@](O)([C@H](C)/C=C/CCn2cc(C(CO)c3ccccc3)nn2)c2cc(N3CCOC3=O)ccc21. The van der Waals surface area contributed by atoms with Crippen molar-refractivity contribution in [3.63, 3.8) is 0 Å². The van der Waals surface area contributed by atoms with E-state index >= 15 is 0 Å². The molecule has 0 radical (unpaired) electrons. The number of esters is 1. The molecule has 12 nitrogen and oxygen atoms in total. The summed E-state index contributed by atoms with van der Waals surface area (Å²) >= 11 is 0. The van der Waals surface area contributed by atoms with E-state index in [4.69, 9.17) is 9.47 Å². The maximum absolute atomic E-state index is 13.9. The van der Waals surface area contributed by atoms with Crippen molar-refractivity contribution in [1.29, 1.82) is 0 Å². The third kappa shape index (κ3) is 6.62. The number of carbonyl (C=O) groups excluding carboxylic acids is 3. The third-order valence-electron chi connectivity index (χ3n) is 8.47. The van der Waals surface area contributed by atoms with Crippen molar-refractivity contribution in [3.05, 3.63) is 83.7 Å². The van der Waals surface area contributed by atoms with Crippen molar-refractivity contribution in [2.75, 3.05) is 43.2 Å². The molecule has 3 atom stereocenters. The summed E-state index contributed by atoms with van der Waals surface area (Å²) in [5.41, 5.74) is 1.31. The summed E-state index contributed by atoms with van der Waals surface area (Å²) in [6.07, 6.45) is 6.95. The van der Waals surface area contributed by atoms with Crippen molar-refractivity contribution in [1.82, 2.24) is 15.0 Å². The Kier molecular flexibility index (Phi) is 9.94. The number of ether oxygens (including phenoxy) is 2. The molecule has 5 rings (SSSR count). The number of methoxy groups -OCH3 is 1. The van der Waals surface area contributed by atoms with Crippen LogP contribution in [-0.4, -0.2) is 76.6 Å². The molecule has 1 aromatic heterocycles. The number of anilines is 2. The Bertz CT molecular complexity index is 1540. The van der Waals surface area contributed by atoms with E-state index in [1.807, 2.05) is 48.7 Å². The Morgan fingerprint density at radius 1 is 1.16 bits per heavy atom. The summed E-state index contributed by atoms with van der Waals surface area (Å²) in [6, 6.07) is 14.8. The Hall–Kier alpha value is -4.55. The molecule has 1 fully saturated rings. The minimum atomic E-state index is -1.86. The number of rotatable bonds is 14. The highest BCUT2D eigenvalue weighted by atomic mass is 16.6. The van der Waals surface area contributed by atoms with Gasteiger partial charge in [-0.15, -0.1) is 5.10 Å². The van der Waals surface area contributed by atoms with Crippen LogP contribution >= 0.6 is 0 Å². The van der Waals surface area contributed by atoms with Crippen LogP contribution in [0.5, 0.6) is 0 Å². The van der Waals surface area contributed by atoms with Crippen LogP contribution in [0, 0.1) is 5.92 Å². The van der Waals surface area contributed by atoms with E-state index in [9.17, 15) is 24.6 Å². The van der Waals surface area contributed by atoms with Gasteiger partial charge in [-0.2, -0.15) is 0 Å². The molecule has 45 heavy (non-hydrogen) atoms. The number of aliphatic hydroxyl groups excluding tert-OH is 1. The smallest absolute Gasteiger partial charge is 0.414 e. The molecule has 0 aliphatic carbocycles. The normalized spacial score (nSPS) is 19.2. The van der Waals surface area contributed by atoms with Crippen molar-refractivity contribution in [3.8, 4) is 0 Å². The maximum atomic E-state index is 13.9. The summed E-state index contributed by atoms with van der Waals surface area (Å²) in [5.74, 6) is -1.64. The van der Waals surface area contributed by atoms with Crippen LogP contribution in [0.1, 0.15) is 55.3 Å². The molecule has 3 heterocycles. The first-order valence-electron chi connectivity index (χ1n) is 15.2. The van der Waals surface area contributed by atoms with E-state index in [1.165, 1.54) is 12.0 Å². The monoisotopic (exact) mass is 617 g/mol. The molecule has 1 saturated heterocycles. The fraction of sp³-hybridized carbons (Fsp3) is 0.424. The van der Waals surface area contributed by atoms with Gasteiger partial charge in [-0.1, -0.05) is 54.6 Å². The van der Waals surface area contributed by atoms with Gasteiger partial charge in [-0.3, -0.25) is 19.2 Å². The van der Waals surface area contributed by atoms with Crippen molar-refractivity contribution >= 4 is 29.3 Å². The van der Waals surface area contributed by atoms with Crippen LogP contribution in [0.15, 0.2) is 66.9 Å². The maximum Gasteiger partial charge on any atom is 0.414 e. The number of cyclic esters (lactones) is 1. The van der Waals surface area contributed by atoms with E-state index in [2.05, 4.69) is 10.3 Å². The highest BCUT2D eigenvalue weighted by Gasteiger charge is 2.52. The van der Waals surface area contributed by atoms with Crippen LogP contribution in [0.25, 0.3) is 0 Å². The topological polar surface area (TPSA) is 147 Å². The summed E-state index contributed by atoms with van der Waals surface area (Å²) in [6.45, 7) is 3.18. The Balaban J connectivity index is 1.30. The molecular weight excluding hydrogens is 578 g/mol. The highest BCUT2D eigenvalue weighted by molar-refractivity contribution is 6.08. The molecule has 2 amide bonds. The standard InChI is InChI=1S/C33H39N5O7/c1-23(10-6-8-16-36-21-28(34-35-36)26(22-39)24-11-4-3-5-12-24)33(43)27-20-25(37-18-19-45-32(37)42)14-15-29(27)38(31(33)41)17-9-7-13-30(40)44-2/h3-6,10-12,14-15,20-21,23,26,39,43H,7-9,13,16-19,22H2,1-2H3/b10-6+/t23-,26?,33+/m1/s1. The van der Waals surface area contributed by atoms with Crippen molar-refractivity contribution < 1.29 is 34.1 Å². The number of fused-ring (bicyclic) bond motifs is 1. The number of allylic oxidation sites excluding steroid dienone is 1. The lowest BCUT2D eigenvalue weighted by molar-refractivity contribution is -0.140. The van der Waals surface area contributed by atoms with Crippen molar-refractivity contribution in [2.45, 2.75) is 50.7 Å². The second-order valence-corrected chi connectivity index (χ2v) is 11.3. The zero-order chi connectivity index (χ0) is 32.0. The number of hydrogen-bond acceptors (Lipinski definition) is 9. The fourth-order valence-electron chi connectivity index (χ4n) is 5.88. The number of aromatic nitrogens is 3. The number of benzene rings is 2. The molecule has 0 spiro atoms. The first-order valence-corrected chi connectivity index (χ1v) is 15.2. The first kappa shape index (κ1) is 31.9. The number of unbranched alkanes of at least 4 members (excludes halogenated alkanes) is 1. The second-order valence-electron chi connectivity index (χ2n) is 11.3. The lowest BCUT2D eigenvalue weighted by Crippen LogP contribution is -2.44. The highest BCUT2D eigenvalue weighted by Crippen LogP contribution is 2.47. The van der Waals surface area contributed by atoms with Crippen LogP contribution in [0.3, 0.4) is 0 Å².